The Labute approximate surface area is 89.5 Å². The van der Waals surface area contributed by atoms with Crippen LogP contribution in [0.4, 0.5) is 0 Å². The molecule has 0 radical (unpaired) electrons. The minimum Gasteiger partial charge on any atom is -0.294 e. The van der Waals surface area contributed by atoms with Crippen LogP contribution in [0.2, 0.25) is 0 Å². The third kappa shape index (κ3) is 1.92. The van der Waals surface area contributed by atoms with E-state index in [-0.39, 0.29) is 11.7 Å². The van der Waals surface area contributed by atoms with Gasteiger partial charge in [0.15, 0.2) is 5.78 Å². The molecule has 2 rings (SSSR count). The van der Waals surface area contributed by atoms with Gasteiger partial charge in [0, 0.05) is 17.9 Å². The normalized spacial score (nSPS) is 20.2. The predicted octanol–water partition coefficient (Wildman–Crippen LogP) is 2.74. The van der Waals surface area contributed by atoms with Crippen LogP contribution in [0.25, 0.3) is 0 Å². The molecular weight excluding hydrogens is 186 g/mol. The van der Waals surface area contributed by atoms with Gasteiger partial charge in [-0.15, -0.1) is 0 Å². The Balaban J connectivity index is 2.35. The van der Waals surface area contributed by atoms with E-state index in [1.165, 1.54) is 0 Å². The second kappa shape index (κ2) is 4.27. The number of aryl methyl sites for hydroxylation is 1. The Kier molecular flexibility index (Phi) is 2.82. The second-order valence-electron chi connectivity index (χ2n) is 3.97. The van der Waals surface area contributed by atoms with Crippen molar-refractivity contribution in [3.63, 3.8) is 0 Å². The molecule has 0 amide bonds. The van der Waals surface area contributed by atoms with Gasteiger partial charge >= 0.3 is 0 Å². The van der Waals surface area contributed by atoms with E-state index in [4.69, 9.17) is 5.26 Å². The average molecular weight is 199 g/mol. The fraction of sp³-hybridized carbons (Fsp3) is 0.385. The molecule has 15 heavy (non-hydrogen) atoms. The van der Waals surface area contributed by atoms with Crippen molar-refractivity contribution >= 4 is 5.78 Å². The molecule has 1 aromatic carbocycles. The first-order valence-electron chi connectivity index (χ1n) is 5.32. The second-order valence-corrected chi connectivity index (χ2v) is 3.97. The van der Waals surface area contributed by atoms with Gasteiger partial charge in [-0.25, -0.2) is 0 Å². The number of carbonyl (C=O) groups is 1. The van der Waals surface area contributed by atoms with E-state index in [1.807, 2.05) is 24.3 Å². The zero-order valence-corrected chi connectivity index (χ0v) is 8.57. The smallest absolute Gasteiger partial charge is 0.167 e. The highest BCUT2D eigenvalue weighted by Crippen LogP contribution is 2.26. The fourth-order valence-corrected chi connectivity index (χ4v) is 2.17. The van der Waals surface area contributed by atoms with Gasteiger partial charge in [0.05, 0.1) is 6.07 Å². The molecule has 76 valence electrons. The third-order valence-electron chi connectivity index (χ3n) is 2.99. The molecule has 2 nitrogen and oxygen atoms in total. The maximum Gasteiger partial charge on any atom is 0.167 e. The molecule has 2 heteroatoms. The number of carbonyl (C=O) groups excluding carboxylic acids is 1. The Morgan fingerprint density at radius 3 is 3.00 bits per heavy atom. The standard InChI is InChI=1S/C13H13NO/c14-9-8-11-6-3-5-10-4-1-2-7-12(10)13(11)15/h1-2,4,7,11H,3,5-6,8H2. The quantitative estimate of drug-likeness (QED) is 0.652. The van der Waals surface area contributed by atoms with Crippen molar-refractivity contribution in [3.05, 3.63) is 35.4 Å². The van der Waals surface area contributed by atoms with Gasteiger partial charge in [-0.2, -0.15) is 5.26 Å². The van der Waals surface area contributed by atoms with Crippen LogP contribution in [0.15, 0.2) is 24.3 Å². The molecule has 0 saturated heterocycles. The largest absolute Gasteiger partial charge is 0.294 e. The molecule has 0 N–H and O–H groups in total. The summed E-state index contributed by atoms with van der Waals surface area (Å²) in [5, 5.41) is 8.67. The number of nitrogens with zero attached hydrogens (tertiary/aromatic N) is 1. The number of hydrogen-bond acceptors (Lipinski definition) is 2. The first-order chi connectivity index (χ1) is 7.33. The van der Waals surface area contributed by atoms with Crippen LogP contribution in [0, 0.1) is 17.2 Å². The summed E-state index contributed by atoms with van der Waals surface area (Å²) in [6.45, 7) is 0. The zero-order valence-electron chi connectivity index (χ0n) is 8.57. The van der Waals surface area contributed by atoms with Crippen LogP contribution < -0.4 is 0 Å². The average Bonchev–Trinajstić information content (AvgIpc) is 2.41. The molecule has 1 aliphatic carbocycles. The summed E-state index contributed by atoms with van der Waals surface area (Å²) in [6.07, 6.45) is 3.17. The van der Waals surface area contributed by atoms with Crippen LogP contribution >= 0.6 is 0 Å². The van der Waals surface area contributed by atoms with E-state index in [0.29, 0.717) is 6.42 Å². The summed E-state index contributed by atoms with van der Waals surface area (Å²) < 4.78 is 0. The lowest BCUT2D eigenvalue weighted by Crippen LogP contribution is -2.13. The van der Waals surface area contributed by atoms with Gasteiger partial charge in [-0.3, -0.25) is 4.79 Å². The summed E-state index contributed by atoms with van der Waals surface area (Å²) >= 11 is 0. The van der Waals surface area contributed by atoms with E-state index in [1.54, 1.807) is 0 Å². The van der Waals surface area contributed by atoms with Crippen LogP contribution in [0.3, 0.4) is 0 Å². The molecule has 0 fully saturated rings. The summed E-state index contributed by atoms with van der Waals surface area (Å²) in [6, 6.07) is 9.87. The summed E-state index contributed by atoms with van der Waals surface area (Å²) in [4.78, 5) is 12.1. The van der Waals surface area contributed by atoms with E-state index < -0.39 is 0 Å². The predicted molar refractivity (Wildman–Crippen MR) is 57.4 cm³/mol. The lowest BCUT2D eigenvalue weighted by Gasteiger charge is -2.08. The van der Waals surface area contributed by atoms with Gasteiger partial charge < -0.3 is 0 Å². The third-order valence-corrected chi connectivity index (χ3v) is 2.99. The van der Waals surface area contributed by atoms with Crippen molar-refractivity contribution in [3.8, 4) is 6.07 Å². The molecular formula is C13H13NO. The number of nitriles is 1. The molecule has 0 aliphatic heterocycles. The number of Topliss-reactive ketones (excluding diaryl/α,β-unsaturated/α-hetero) is 1. The number of rotatable bonds is 1. The maximum atomic E-state index is 12.1. The van der Waals surface area contributed by atoms with Crippen molar-refractivity contribution in [1.29, 1.82) is 5.26 Å². The molecule has 0 aromatic heterocycles. The SMILES string of the molecule is N#CCC1CCCc2ccccc2C1=O. The molecule has 1 unspecified atom stereocenters. The first kappa shape index (κ1) is 9.92. The molecule has 0 heterocycles. The van der Waals surface area contributed by atoms with E-state index in [2.05, 4.69) is 6.07 Å². The van der Waals surface area contributed by atoms with Crippen molar-refractivity contribution in [2.45, 2.75) is 25.7 Å². The van der Waals surface area contributed by atoms with Crippen LogP contribution in [0.1, 0.15) is 35.2 Å². The van der Waals surface area contributed by atoms with E-state index in [0.717, 1.165) is 30.4 Å². The van der Waals surface area contributed by atoms with Crippen LogP contribution in [0.5, 0.6) is 0 Å². The Morgan fingerprint density at radius 2 is 2.20 bits per heavy atom. The number of ketones is 1. The van der Waals surface area contributed by atoms with Gasteiger partial charge in [-0.1, -0.05) is 24.3 Å². The highest BCUT2D eigenvalue weighted by molar-refractivity contribution is 5.99. The molecule has 1 aromatic rings. The molecule has 1 atom stereocenters. The van der Waals surface area contributed by atoms with E-state index in [9.17, 15) is 4.79 Å². The number of benzene rings is 1. The highest BCUT2D eigenvalue weighted by atomic mass is 16.1. The number of fused-ring (bicyclic) bond motifs is 1. The topological polar surface area (TPSA) is 40.9 Å². The molecule has 0 bridgehead atoms. The van der Waals surface area contributed by atoms with Crippen molar-refractivity contribution in [1.82, 2.24) is 0 Å². The summed E-state index contributed by atoms with van der Waals surface area (Å²) in [7, 11) is 0. The van der Waals surface area contributed by atoms with Gasteiger partial charge in [0.25, 0.3) is 0 Å². The minimum absolute atomic E-state index is 0.0846. The minimum atomic E-state index is -0.0846. The molecule has 0 spiro atoms. The molecule has 1 aliphatic rings. The Bertz CT molecular complexity index is 417. The Morgan fingerprint density at radius 1 is 1.40 bits per heavy atom. The maximum absolute atomic E-state index is 12.1. The molecule has 0 saturated carbocycles. The first-order valence-corrected chi connectivity index (χ1v) is 5.32. The van der Waals surface area contributed by atoms with Crippen LogP contribution in [-0.4, -0.2) is 5.78 Å². The van der Waals surface area contributed by atoms with Crippen LogP contribution in [-0.2, 0) is 6.42 Å². The van der Waals surface area contributed by atoms with Gasteiger partial charge in [-0.05, 0) is 24.8 Å². The Hall–Kier alpha value is -1.62. The van der Waals surface area contributed by atoms with Gasteiger partial charge in [0.2, 0.25) is 0 Å². The monoisotopic (exact) mass is 199 g/mol. The van der Waals surface area contributed by atoms with Crippen molar-refractivity contribution in [2.24, 2.45) is 5.92 Å². The summed E-state index contributed by atoms with van der Waals surface area (Å²) in [5.74, 6) is 0.0725. The lowest BCUT2D eigenvalue weighted by molar-refractivity contribution is 0.0918. The van der Waals surface area contributed by atoms with Crippen molar-refractivity contribution < 1.29 is 4.79 Å². The van der Waals surface area contributed by atoms with Crippen molar-refractivity contribution in [2.75, 3.05) is 0 Å². The zero-order chi connectivity index (χ0) is 10.7. The highest BCUT2D eigenvalue weighted by Gasteiger charge is 2.24. The fourth-order valence-electron chi connectivity index (χ4n) is 2.17. The number of hydrogen-bond donors (Lipinski definition) is 0. The lowest BCUT2D eigenvalue weighted by atomic mass is 9.93. The van der Waals surface area contributed by atoms with Gasteiger partial charge in [0.1, 0.15) is 0 Å². The summed E-state index contributed by atoms with van der Waals surface area (Å²) in [5.41, 5.74) is 1.97. The van der Waals surface area contributed by atoms with E-state index >= 15 is 0 Å².